The van der Waals surface area contributed by atoms with E-state index in [-0.39, 0.29) is 25.0 Å². The zero-order valence-corrected chi connectivity index (χ0v) is 21.6. The number of benzene rings is 3. The van der Waals surface area contributed by atoms with E-state index in [9.17, 15) is 4.79 Å². The largest absolute Gasteiger partial charge is 0.480 e. The molecule has 0 spiro atoms. The Morgan fingerprint density at radius 3 is 2.42 bits per heavy atom. The summed E-state index contributed by atoms with van der Waals surface area (Å²) in [5.41, 5.74) is 7.19. The van der Waals surface area contributed by atoms with Crippen LogP contribution in [0.25, 0.3) is 34.0 Å². The molecule has 1 heterocycles. The Balaban J connectivity index is 0.00000361. The summed E-state index contributed by atoms with van der Waals surface area (Å²) < 4.78 is 11.1. The monoisotopic (exact) mass is 507 g/mol. The van der Waals surface area contributed by atoms with Gasteiger partial charge in [0.1, 0.15) is 0 Å². The zero-order chi connectivity index (χ0) is 24.9. The van der Waals surface area contributed by atoms with Crippen molar-refractivity contribution in [3.63, 3.8) is 0 Å². The van der Waals surface area contributed by atoms with Gasteiger partial charge in [-0.3, -0.25) is 9.69 Å². The van der Waals surface area contributed by atoms with E-state index in [0.717, 1.165) is 27.8 Å². The smallest absolute Gasteiger partial charge is 0.317 e. The lowest BCUT2D eigenvalue weighted by Crippen LogP contribution is -2.28. The van der Waals surface area contributed by atoms with Crippen molar-refractivity contribution in [3.05, 3.63) is 83.4 Å². The molecular weight excluding hydrogens is 478 g/mol. The molecule has 1 aromatic heterocycles. The van der Waals surface area contributed by atoms with Gasteiger partial charge in [0.2, 0.25) is 5.82 Å². The molecule has 0 amide bonds. The Bertz CT molecular complexity index is 1320. The first-order valence-electron chi connectivity index (χ1n) is 11.4. The number of aromatic nitrogens is 2. The molecule has 4 rings (SSSR count). The first kappa shape index (κ1) is 27.1. The standard InChI is InChI=1S/C28H29N3O4.ClH/c1-18-7-5-6-8-24(18)25-14-13-22(15-23(25)17-34-4)28-29-27(30-35-28)21-11-9-20(10-12-21)19(2)31(3)16-26(32)33;/h5-15,19H,16-17H2,1-4H3,(H,32,33);1H/t19-;/m0./s1. The third kappa shape index (κ3) is 5.99. The van der Waals surface area contributed by atoms with Crippen molar-refractivity contribution in [2.75, 3.05) is 20.7 Å². The minimum Gasteiger partial charge on any atom is -0.480 e. The lowest BCUT2D eigenvalue weighted by Gasteiger charge is -2.23. The number of nitrogens with zero attached hydrogens (tertiary/aromatic N) is 3. The van der Waals surface area contributed by atoms with Crippen LogP contribution in [0.1, 0.15) is 29.7 Å². The van der Waals surface area contributed by atoms with Gasteiger partial charge in [-0.15, -0.1) is 12.4 Å². The van der Waals surface area contributed by atoms with Crippen molar-refractivity contribution in [1.82, 2.24) is 15.0 Å². The average Bonchev–Trinajstić information content (AvgIpc) is 3.34. The molecule has 0 unspecified atom stereocenters. The number of hydrogen-bond donors (Lipinski definition) is 1. The number of rotatable bonds is 9. The van der Waals surface area contributed by atoms with Crippen molar-refractivity contribution in [3.8, 4) is 34.0 Å². The maximum atomic E-state index is 11.0. The first-order valence-corrected chi connectivity index (χ1v) is 11.4. The van der Waals surface area contributed by atoms with E-state index in [1.165, 1.54) is 11.1 Å². The lowest BCUT2D eigenvalue weighted by molar-refractivity contribution is -0.138. The predicted octanol–water partition coefficient (Wildman–Crippen LogP) is 6.02. The molecule has 8 heteroatoms. The summed E-state index contributed by atoms with van der Waals surface area (Å²) in [6, 6.07) is 22.1. The summed E-state index contributed by atoms with van der Waals surface area (Å²) in [6.07, 6.45) is 0. The van der Waals surface area contributed by atoms with Gasteiger partial charge in [0.25, 0.3) is 5.89 Å². The van der Waals surface area contributed by atoms with Crippen LogP contribution in [-0.2, 0) is 16.1 Å². The van der Waals surface area contributed by atoms with Gasteiger partial charge in [-0.05, 0) is 60.8 Å². The van der Waals surface area contributed by atoms with E-state index in [2.05, 4.69) is 35.3 Å². The number of aryl methyl sites for hydroxylation is 1. The number of ether oxygens (including phenoxy) is 1. The van der Waals surface area contributed by atoms with E-state index in [1.54, 1.807) is 19.1 Å². The Labute approximate surface area is 217 Å². The van der Waals surface area contributed by atoms with Crippen molar-refractivity contribution >= 4 is 18.4 Å². The van der Waals surface area contributed by atoms with Gasteiger partial charge < -0.3 is 14.4 Å². The molecule has 0 aliphatic carbocycles. The number of aliphatic carboxylic acids is 1. The molecule has 0 aliphatic heterocycles. The Morgan fingerprint density at radius 1 is 1.06 bits per heavy atom. The van der Waals surface area contributed by atoms with Gasteiger partial charge >= 0.3 is 5.97 Å². The van der Waals surface area contributed by atoms with Crippen molar-refractivity contribution in [2.45, 2.75) is 26.5 Å². The molecule has 0 bridgehead atoms. The molecule has 188 valence electrons. The van der Waals surface area contributed by atoms with Crippen molar-refractivity contribution in [2.24, 2.45) is 0 Å². The summed E-state index contributed by atoms with van der Waals surface area (Å²) in [5, 5.41) is 13.2. The van der Waals surface area contributed by atoms with E-state index in [0.29, 0.717) is 18.3 Å². The summed E-state index contributed by atoms with van der Waals surface area (Å²) in [5.74, 6) is 0.0811. The number of likely N-dealkylation sites (N-methyl/N-ethyl adjacent to an activating group) is 1. The van der Waals surface area contributed by atoms with Crippen LogP contribution in [0.4, 0.5) is 0 Å². The summed E-state index contributed by atoms with van der Waals surface area (Å²) in [6.45, 7) is 4.52. The number of carboxylic acids is 1. The summed E-state index contributed by atoms with van der Waals surface area (Å²) in [7, 11) is 3.48. The summed E-state index contributed by atoms with van der Waals surface area (Å²) >= 11 is 0. The fourth-order valence-electron chi connectivity index (χ4n) is 4.11. The lowest BCUT2D eigenvalue weighted by atomic mass is 9.94. The van der Waals surface area contributed by atoms with Crippen LogP contribution in [0.2, 0.25) is 0 Å². The van der Waals surface area contributed by atoms with Crippen LogP contribution in [0.3, 0.4) is 0 Å². The van der Waals surface area contributed by atoms with Gasteiger partial charge in [-0.25, -0.2) is 0 Å². The highest BCUT2D eigenvalue weighted by atomic mass is 35.5. The highest BCUT2D eigenvalue weighted by Crippen LogP contribution is 2.32. The quantitative estimate of drug-likeness (QED) is 0.296. The Hall–Kier alpha value is -3.52. The molecule has 1 atom stereocenters. The maximum absolute atomic E-state index is 11.0. The second-order valence-electron chi connectivity index (χ2n) is 8.65. The van der Waals surface area contributed by atoms with Gasteiger partial charge in [-0.1, -0.05) is 59.8 Å². The Morgan fingerprint density at radius 2 is 1.75 bits per heavy atom. The molecular formula is C28H30ClN3O4. The fourth-order valence-corrected chi connectivity index (χ4v) is 4.11. The molecule has 1 N–H and O–H groups in total. The minimum absolute atomic E-state index is 0. The van der Waals surface area contributed by atoms with Crippen LogP contribution >= 0.6 is 12.4 Å². The summed E-state index contributed by atoms with van der Waals surface area (Å²) in [4.78, 5) is 17.4. The Kier molecular flexibility index (Phi) is 8.98. The number of methoxy groups -OCH3 is 1. The zero-order valence-electron chi connectivity index (χ0n) is 20.8. The normalized spacial score (nSPS) is 11.8. The highest BCUT2D eigenvalue weighted by Gasteiger charge is 2.17. The van der Waals surface area contributed by atoms with Crippen LogP contribution < -0.4 is 0 Å². The van der Waals surface area contributed by atoms with Crippen LogP contribution in [0, 0.1) is 6.92 Å². The molecule has 0 saturated carbocycles. The number of halogens is 1. The van der Waals surface area contributed by atoms with E-state index in [4.69, 9.17) is 14.4 Å². The van der Waals surface area contributed by atoms with Gasteiger partial charge in [-0.2, -0.15) is 4.98 Å². The van der Waals surface area contributed by atoms with Crippen molar-refractivity contribution < 1.29 is 19.2 Å². The van der Waals surface area contributed by atoms with E-state index >= 15 is 0 Å². The van der Waals surface area contributed by atoms with Crippen molar-refractivity contribution in [1.29, 1.82) is 0 Å². The first-order chi connectivity index (χ1) is 16.9. The van der Waals surface area contributed by atoms with E-state index < -0.39 is 5.97 Å². The molecule has 0 saturated heterocycles. The van der Waals surface area contributed by atoms with E-state index in [1.807, 2.05) is 55.5 Å². The fraction of sp³-hybridized carbons (Fsp3) is 0.250. The van der Waals surface area contributed by atoms with Gasteiger partial charge in [0.05, 0.1) is 13.2 Å². The molecule has 4 aromatic rings. The van der Waals surface area contributed by atoms with Crippen LogP contribution in [-0.4, -0.2) is 46.8 Å². The van der Waals surface area contributed by atoms with Gasteiger partial charge in [0.15, 0.2) is 0 Å². The topological polar surface area (TPSA) is 88.7 Å². The molecule has 3 aromatic carbocycles. The second-order valence-corrected chi connectivity index (χ2v) is 8.65. The second kappa shape index (κ2) is 11.9. The minimum atomic E-state index is -0.851. The average molecular weight is 508 g/mol. The third-order valence-electron chi connectivity index (χ3n) is 6.21. The van der Waals surface area contributed by atoms with Crippen LogP contribution in [0.15, 0.2) is 71.3 Å². The third-order valence-corrected chi connectivity index (χ3v) is 6.21. The molecule has 0 fully saturated rings. The van der Waals surface area contributed by atoms with Crippen LogP contribution in [0.5, 0.6) is 0 Å². The number of carbonyl (C=O) groups is 1. The maximum Gasteiger partial charge on any atom is 0.317 e. The SMILES string of the molecule is COCc1cc(-c2nc(-c3ccc([C@H](C)N(C)CC(=O)O)cc3)no2)ccc1-c1ccccc1C.Cl. The molecule has 0 radical (unpaired) electrons. The highest BCUT2D eigenvalue weighted by molar-refractivity contribution is 5.85. The van der Waals surface area contributed by atoms with Gasteiger partial charge in [0, 0.05) is 24.3 Å². The number of hydrogen-bond acceptors (Lipinski definition) is 6. The molecule has 7 nitrogen and oxygen atoms in total. The number of carboxylic acid groups (broad SMARTS) is 1. The molecule has 0 aliphatic rings. The predicted molar refractivity (Wildman–Crippen MR) is 142 cm³/mol. The molecule has 36 heavy (non-hydrogen) atoms.